The van der Waals surface area contributed by atoms with E-state index >= 15 is 0 Å². The maximum Gasteiger partial charge on any atom is 0.257 e. The molecule has 2 aromatic heterocycles. The summed E-state index contributed by atoms with van der Waals surface area (Å²) in [4.78, 5) is 21.4. The van der Waals surface area contributed by atoms with Crippen molar-refractivity contribution in [3.05, 3.63) is 59.2 Å². The third-order valence-corrected chi connectivity index (χ3v) is 7.41. The molecule has 1 aromatic carbocycles. The third kappa shape index (κ3) is 4.26. The Kier molecular flexibility index (Phi) is 5.91. The second-order valence-corrected chi connectivity index (χ2v) is 9.52. The predicted octanol–water partition coefficient (Wildman–Crippen LogP) is 2.79. The number of rotatable bonds is 5. The van der Waals surface area contributed by atoms with Crippen molar-refractivity contribution >= 4 is 32.4 Å². The minimum Gasteiger partial charge on any atom is -0.379 e. The van der Waals surface area contributed by atoms with E-state index < -0.39 is 15.9 Å². The van der Waals surface area contributed by atoms with Gasteiger partial charge in [-0.05, 0) is 36.8 Å². The van der Waals surface area contributed by atoms with E-state index in [0.717, 1.165) is 11.3 Å². The van der Waals surface area contributed by atoms with E-state index in [-0.39, 0.29) is 4.90 Å². The van der Waals surface area contributed by atoms with Crippen LogP contribution in [-0.2, 0) is 14.8 Å². The number of ether oxygens (including phenoxy) is 1. The number of thiazole rings is 1. The predicted molar refractivity (Wildman–Crippen MR) is 114 cm³/mol. The molecular formula is C20H20N4O4S2. The van der Waals surface area contributed by atoms with E-state index in [9.17, 15) is 13.2 Å². The average molecular weight is 445 g/mol. The maximum absolute atomic E-state index is 12.9. The molecular weight excluding hydrogens is 424 g/mol. The van der Waals surface area contributed by atoms with Crippen LogP contribution in [0, 0.1) is 6.92 Å². The molecule has 0 unspecified atom stereocenters. The fraction of sp³-hybridized carbons (Fsp3) is 0.250. The second-order valence-electron chi connectivity index (χ2n) is 6.72. The van der Waals surface area contributed by atoms with Gasteiger partial charge in [0.1, 0.15) is 0 Å². The van der Waals surface area contributed by atoms with Gasteiger partial charge in [0.25, 0.3) is 5.91 Å². The van der Waals surface area contributed by atoms with Crippen LogP contribution >= 0.6 is 11.3 Å². The molecule has 0 bridgehead atoms. The molecule has 1 N–H and O–H groups in total. The highest BCUT2D eigenvalue weighted by Gasteiger charge is 2.27. The fourth-order valence-corrected chi connectivity index (χ4v) is 5.24. The Morgan fingerprint density at radius 1 is 1.17 bits per heavy atom. The standard InChI is InChI=1S/C20H20N4O4S2/c1-14-2-3-16(30(26,27)24-8-10-28-11-9-24)12-17(14)19(25)23-20-22-18(13-29-20)15-4-6-21-7-5-15/h2-7,12-13H,8-11H2,1H3,(H,22,23,25). The van der Waals surface area contributed by atoms with Crippen LogP contribution in [0.2, 0.25) is 0 Å². The number of morpholine rings is 1. The summed E-state index contributed by atoms with van der Waals surface area (Å²) >= 11 is 1.30. The van der Waals surface area contributed by atoms with Gasteiger partial charge in [-0.2, -0.15) is 4.31 Å². The summed E-state index contributed by atoms with van der Waals surface area (Å²) in [6.07, 6.45) is 3.35. The summed E-state index contributed by atoms with van der Waals surface area (Å²) in [5, 5.41) is 5.05. The minimum atomic E-state index is -3.69. The molecule has 4 rings (SSSR count). The molecule has 1 saturated heterocycles. The molecule has 1 amide bonds. The van der Waals surface area contributed by atoms with Gasteiger partial charge in [0, 0.05) is 42.0 Å². The van der Waals surface area contributed by atoms with Gasteiger partial charge in [-0.25, -0.2) is 13.4 Å². The molecule has 0 spiro atoms. The number of aryl methyl sites for hydroxylation is 1. The van der Waals surface area contributed by atoms with Crippen LogP contribution < -0.4 is 5.32 Å². The highest BCUT2D eigenvalue weighted by atomic mass is 32.2. The molecule has 8 nitrogen and oxygen atoms in total. The average Bonchev–Trinajstić information content (AvgIpc) is 3.23. The molecule has 1 aliphatic heterocycles. The molecule has 1 fully saturated rings. The number of aromatic nitrogens is 2. The third-order valence-electron chi connectivity index (χ3n) is 4.76. The Labute approximate surface area is 178 Å². The largest absolute Gasteiger partial charge is 0.379 e. The first-order chi connectivity index (χ1) is 14.4. The van der Waals surface area contributed by atoms with Crippen LogP contribution in [0.15, 0.2) is 53.0 Å². The molecule has 3 heterocycles. The van der Waals surface area contributed by atoms with E-state index in [1.165, 1.54) is 27.8 Å². The Morgan fingerprint density at radius 2 is 1.90 bits per heavy atom. The number of carbonyl (C=O) groups is 1. The molecule has 1 aliphatic rings. The number of hydrogen-bond donors (Lipinski definition) is 1. The Morgan fingerprint density at radius 3 is 2.63 bits per heavy atom. The van der Waals surface area contributed by atoms with Gasteiger partial charge in [-0.15, -0.1) is 11.3 Å². The van der Waals surface area contributed by atoms with Gasteiger partial charge < -0.3 is 4.74 Å². The lowest BCUT2D eigenvalue weighted by atomic mass is 10.1. The second kappa shape index (κ2) is 8.60. The molecule has 0 saturated carbocycles. The van der Waals surface area contributed by atoms with Crippen LogP contribution in [-0.4, -0.2) is 54.9 Å². The number of carbonyl (C=O) groups excluding carboxylic acids is 1. The Hall–Kier alpha value is -2.66. The zero-order chi connectivity index (χ0) is 21.1. The van der Waals surface area contributed by atoms with E-state index in [4.69, 9.17) is 4.74 Å². The van der Waals surface area contributed by atoms with Crippen LogP contribution in [0.3, 0.4) is 0 Å². The highest BCUT2D eigenvalue weighted by Crippen LogP contribution is 2.26. The van der Waals surface area contributed by atoms with Crippen molar-refractivity contribution in [3.63, 3.8) is 0 Å². The Bertz CT molecular complexity index is 1160. The van der Waals surface area contributed by atoms with Crippen molar-refractivity contribution in [3.8, 4) is 11.3 Å². The van der Waals surface area contributed by atoms with Crippen LogP contribution in [0.5, 0.6) is 0 Å². The lowest BCUT2D eigenvalue weighted by molar-refractivity contribution is 0.0730. The van der Waals surface area contributed by atoms with Crippen LogP contribution in [0.4, 0.5) is 5.13 Å². The molecule has 30 heavy (non-hydrogen) atoms. The lowest BCUT2D eigenvalue weighted by Gasteiger charge is -2.26. The molecule has 10 heteroatoms. The van der Waals surface area contributed by atoms with Gasteiger partial charge >= 0.3 is 0 Å². The molecule has 156 valence electrons. The van der Waals surface area contributed by atoms with Crippen molar-refractivity contribution in [1.29, 1.82) is 0 Å². The first-order valence-corrected chi connectivity index (χ1v) is 11.6. The van der Waals surface area contributed by atoms with Crippen molar-refractivity contribution in [2.75, 3.05) is 31.6 Å². The first kappa shape index (κ1) is 20.6. The Balaban J connectivity index is 1.56. The van der Waals surface area contributed by atoms with Gasteiger partial charge in [-0.3, -0.25) is 15.1 Å². The first-order valence-electron chi connectivity index (χ1n) is 9.31. The normalized spacial score (nSPS) is 15.1. The highest BCUT2D eigenvalue weighted by molar-refractivity contribution is 7.89. The smallest absolute Gasteiger partial charge is 0.257 e. The monoisotopic (exact) mass is 444 g/mol. The number of nitrogens with one attached hydrogen (secondary N) is 1. The topological polar surface area (TPSA) is 101 Å². The van der Waals surface area contributed by atoms with Crippen molar-refractivity contribution in [2.24, 2.45) is 0 Å². The summed E-state index contributed by atoms with van der Waals surface area (Å²) in [6.45, 7) is 3.10. The van der Waals surface area contributed by atoms with E-state index in [1.807, 2.05) is 17.5 Å². The van der Waals surface area contributed by atoms with Gasteiger partial charge in [0.2, 0.25) is 10.0 Å². The SMILES string of the molecule is Cc1ccc(S(=O)(=O)N2CCOCC2)cc1C(=O)Nc1nc(-c2ccncc2)cs1. The van der Waals surface area contributed by atoms with Gasteiger partial charge in [-0.1, -0.05) is 6.07 Å². The van der Waals surface area contributed by atoms with Crippen molar-refractivity contribution in [1.82, 2.24) is 14.3 Å². The van der Waals surface area contributed by atoms with Crippen LogP contribution in [0.1, 0.15) is 15.9 Å². The van der Waals surface area contributed by atoms with Crippen LogP contribution in [0.25, 0.3) is 11.3 Å². The van der Waals surface area contributed by atoms with Gasteiger partial charge in [0.05, 0.1) is 23.8 Å². The number of pyridine rings is 1. The fourth-order valence-electron chi connectivity index (χ4n) is 3.09. The zero-order valence-electron chi connectivity index (χ0n) is 16.2. The molecule has 3 aromatic rings. The lowest BCUT2D eigenvalue weighted by Crippen LogP contribution is -2.40. The molecule has 0 aliphatic carbocycles. The van der Waals surface area contributed by atoms with Crippen molar-refractivity contribution < 1.29 is 17.9 Å². The molecule has 0 atom stereocenters. The van der Waals surface area contributed by atoms with Crippen molar-refractivity contribution in [2.45, 2.75) is 11.8 Å². The summed E-state index contributed by atoms with van der Waals surface area (Å²) in [6, 6.07) is 8.27. The summed E-state index contributed by atoms with van der Waals surface area (Å²) in [7, 11) is -3.69. The number of anilines is 1. The van der Waals surface area contributed by atoms with E-state index in [0.29, 0.717) is 42.6 Å². The number of benzene rings is 1. The summed E-state index contributed by atoms with van der Waals surface area (Å²) in [5.41, 5.74) is 2.61. The maximum atomic E-state index is 12.9. The van der Waals surface area contributed by atoms with Gasteiger partial charge in [0.15, 0.2) is 5.13 Å². The van der Waals surface area contributed by atoms with E-state index in [2.05, 4.69) is 15.3 Å². The summed E-state index contributed by atoms with van der Waals surface area (Å²) in [5.74, 6) is -0.401. The molecule has 0 radical (unpaired) electrons. The number of hydrogen-bond acceptors (Lipinski definition) is 7. The zero-order valence-corrected chi connectivity index (χ0v) is 17.9. The quantitative estimate of drug-likeness (QED) is 0.649. The number of amides is 1. The number of sulfonamides is 1. The minimum absolute atomic E-state index is 0.0942. The summed E-state index contributed by atoms with van der Waals surface area (Å²) < 4.78 is 32.4. The number of nitrogens with zero attached hydrogens (tertiary/aromatic N) is 3. The van der Waals surface area contributed by atoms with E-state index in [1.54, 1.807) is 25.4 Å².